The summed E-state index contributed by atoms with van der Waals surface area (Å²) in [6, 6.07) is 3.57. The molecule has 0 amide bonds. The van der Waals surface area contributed by atoms with Gasteiger partial charge in [0.1, 0.15) is 5.75 Å². The van der Waals surface area contributed by atoms with Gasteiger partial charge in [0.2, 0.25) is 0 Å². The van der Waals surface area contributed by atoms with Crippen molar-refractivity contribution < 1.29 is 19.1 Å². The maximum absolute atomic E-state index is 12.1. The van der Waals surface area contributed by atoms with Gasteiger partial charge < -0.3 is 9.47 Å². The van der Waals surface area contributed by atoms with E-state index >= 15 is 0 Å². The number of hydrogen-bond acceptors (Lipinski definition) is 4. The molecule has 0 N–H and O–H groups in total. The van der Waals surface area contributed by atoms with Crippen molar-refractivity contribution in [1.82, 2.24) is 0 Å². The highest BCUT2D eigenvalue weighted by Gasteiger charge is 2.22. The molecule has 0 radical (unpaired) electrons. The van der Waals surface area contributed by atoms with E-state index in [1.54, 1.807) is 19.9 Å². The van der Waals surface area contributed by atoms with Gasteiger partial charge in [-0.3, -0.25) is 4.79 Å². The first-order valence-corrected chi connectivity index (χ1v) is 7.30. The number of ketones is 1. The van der Waals surface area contributed by atoms with E-state index in [9.17, 15) is 9.59 Å². The van der Waals surface area contributed by atoms with E-state index in [1.807, 2.05) is 33.8 Å². The average Bonchev–Trinajstić information content (AvgIpc) is 2.37. The van der Waals surface area contributed by atoms with Crippen LogP contribution in [0.25, 0.3) is 0 Å². The summed E-state index contributed by atoms with van der Waals surface area (Å²) in [6.45, 7) is 11.6. The summed E-state index contributed by atoms with van der Waals surface area (Å²) in [4.78, 5) is 23.8. The van der Waals surface area contributed by atoms with Crippen molar-refractivity contribution in [2.24, 2.45) is 0 Å². The van der Waals surface area contributed by atoms with Crippen molar-refractivity contribution >= 4 is 11.8 Å². The van der Waals surface area contributed by atoms with Gasteiger partial charge in [-0.05, 0) is 56.9 Å². The van der Waals surface area contributed by atoms with E-state index in [0.29, 0.717) is 11.1 Å². The molecule has 0 saturated carbocycles. The van der Waals surface area contributed by atoms with Gasteiger partial charge in [-0.1, -0.05) is 13.8 Å². The van der Waals surface area contributed by atoms with Gasteiger partial charge in [0, 0.05) is 5.56 Å². The summed E-state index contributed by atoms with van der Waals surface area (Å²) in [5.74, 6) is -0.466. The molecule has 0 unspecified atom stereocenters. The molecule has 1 aromatic carbocycles. The van der Waals surface area contributed by atoms with Crippen LogP contribution in [0.4, 0.5) is 0 Å². The Bertz CT molecular complexity index is 530. The first-order chi connectivity index (χ1) is 9.77. The van der Waals surface area contributed by atoms with Crippen LogP contribution in [-0.2, 0) is 9.53 Å². The number of ether oxygens (including phenoxy) is 2. The molecule has 1 rings (SSSR count). The van der Waals surface area contributed by atoms with Gasteiger partial charge in [0.05, 0.1) is 12.7 Å². The fourth-order valence-corrected chi connectivity index (χ4v) is 2.06. The molecule has 0 bridgehead atoms. The third kappa shape index (κ3) is 4.31. The lowest BCUT2D eigenvalue weighted by Gasteiger charge is -2.19. The summed E-state index contributed by atoms with van der Waals surface area (Å²) in [6.07, 6.45) is 0.0495. The number of aryl methyl sites for hydroxylation is 1. The molecule has 0 aliphatic heterocycles. The Labute approximate surface area is 126 Å². The highest BCUT2D eigenvalue weighted by Crippen LogP contribution is 2.31. The number of Topliss-reactive ketones (excluding diaryl/α,β-unsaturated/α-hetero) is 1. The number of carbonyl (C=O) groups excluding carboxylic acids is 2. The summed E-state index contributed by atoms with van der Waals surface area (Å²) in [7, 11) is 0. The highest BCUT2D eigenvalue weighted by atomic mass is 16.5. The molecule has 4 nitrogen and oxygen atoms in total. The Morgan fingerprint density at radius 1 is 1.14 bits per heavy atom. The summed E-state index contributed by atoms with van der Waals surface area (Å²) < 4.78 is 10.6. The topological polar surface area (TPSA) is 52.6 Å². The number of esters is 1. The fourth-order valence-electron chi connectivity index (χ4n) is 2.06. The van der Waals surface area contributed by atoms with Crippen molar-refractivity contribution in [3.8, 4) is 5.75 Å². The van der Waals surface area contributed by atoms with Gasteiger partial charge in [-0.15, -0.1) is 0 Å². The predicted octanol–water partition coefficient (Wildman–Crippen LogP) is 3.65. The Balaban J connectivity index is 3.27. The van der Waals surface area contributed by atoms with Crippen LogP contribution in [0.1, 0.15) is 62.0 Å². The second-order valence-electron chi connectivity index (χ2n) is 5.58. The Morgan fingerprint density at radius 2 is 1.76 bits per heavy atom. The van der Waals surface area contributed by atoms with Crippen LogP contribution in [0.15, 0.2) is 12.1 Å². The monoisotopic (exact) mass is 292 g/mol. The molecular weight excluding hydrogens is 268 g/mol. The van der Waals surface area contributed by atoms with E-state index in [1.165, 1.54) is 0 Å². The fraction of sp³-hybridized carbons (Fsp3) is 0.529. The van der Waals surface area contributed by atoms with Gasteiger partial charge in [-0.2, -0.15) is 0 Å². The van der Waals surface area contributed by atoms with Crippen LogP contribution in [0.2, 0.25) is 0 Å². The van der Waals surface area contributed by atoms with E-state index in [0.717, 1.165) is 11.3 Å². The molecule has 0 aromatic heterocycles. The number of hydrogen-bond donors (Lipinski definition) is 0. The Morgan fingerprint density at radius 3 is 2.24 bits per heavy atom. The maximum Gasteiger partial charge on any atom is 0.379 e. The van der Waals surface area contributed by atoms with Gasteiger partial charge in [-0.25, -0.2) is 4.79 Å². The molecule has 0 spiro atoms. The second-order valence-corrected chi connectivity index (χ2v) is 5.58. The van der Waals surface area contributed by atoms with Gasteiger partial charge >= 0.3 is 5.97 Å². The zero-order valence-corrected chi connectivity index (χ0v) is 13.6. The number of rotatable bonds is 6. The second kappa shape index (κ2) is 7.25. The average molecular weight is 292 g/mol. The minimum absolute atomic E-state index is 0.0495. The molecule has 4 heteroatoms. The molecule has 0 atom stereocenters. The Kier molecular flexibility index (Phi) is 5.94. The third-order valence-corrected chi connectivity index (χ3v) is 3.05. The normalized spacial score (nSPS) is 10.9. The van der Waals surface area contributed by atoms with E-state index < -0.39 is 11.8 Å². The first kappa shape index (κ1) is 17.2. The summed E-state index contributed by atoms with van der Waals surface area (Å²) in [5.41, 5.74) is 2.02. The molecule has 0 fully saturated rings. The minimum atomic E-state index is -0.812. The van der Waals surface area contributed by atoms with E-state index in [4.69, 9.17) is 9.47 Å². The molecule has 0 aliphatic rings. The van der Waals surface area contributed by atoms with Gasteiger partial charge in [0.25, 0.3) is 5.78 Å². The zero-order valence-electron chi connectivity index (χ0n) is 13.6. The van der Waals surface area contributed by atoms with E-state index in [2.05, 4.69) is 0 Å². The van der Waals surface area contributed by atoms with E-state index in [-0.39, 0.29) is 18.6 Å². The number of benzene rings is 1. The van der Waals surface area contributed by atoms with Crippen molar-refractivity contribution in [3.63, 3.8) is 0 Å². The van der Waals surface area contributed by atoms with Crippen molar-refractivity contribution in [2.45, 2.75) is 53.6 Å². The molecule has 0 saturated heterocycles. The van der Waals surface area contributed by atoms with Gasteiger partial charge in [0.15, 0.2) is 0 Å². The Hall–Kier alpha value is -1.84. The van der Waals surface area contributed by atoms with Crippen LogP contribution in [-0.4, -0.2) is 24.5 Å². The quantitative estimate of drug-likeness (QED) is 0.456. The maximum atomic E-state index is 12.1. The third-order valence-electron chi connectivity index (χ3n) is 3.05. The molecule has 0 aliphatic carbocycles. The largest absolute Gasteiger partial charge is 0.491 e. The summed E-state index contributed by atoms with van der Waals surface area (Å²) in [5, 5.41) is 0. The van der Waals surface area contributed by atoms with Crippen molar-refractivity contribution in [1.29, 1.82) is 0 Å². The van der Waals surface area contributed by atoms with Crippen LogP contribution >= 0.6 is 0 Å². The van der Waals surface area contributed by atoms with Crippen LogP contribution < -0.4 is 4.74 Å². The smallest absolute Gasteiger partial charge is 0.379 e. The zero-order chi connectivity index (χ0) is 16.2. The van der Waals surface area contributed by atoms with Crippen LogP contribution in [0, 0.1) is 6.92 Å². The molecule has 1 aromatic rings. The standard InChI is InChI=1S/C17H24O4/c1-7-20-17(19)16(18)14-9-13(10(2)3)15(8-12(14)6)21-11(4)5/h8-11H,7H2,1-6H3. The van der Waals surface area contributed by atoms with Crippen molar-refractivity contribution in [3.05, 3.63) is 28.8 Å². The lowest BCUT2D eigenvalue weighted by molar-refractivity contribution is -0.137. The molecule has 0 heterocycles. The highest BCUT2D eigenvalue weighted by molar-refractivity contribution is 6.41. The van der Waals surface area contributed by atoms with Crippen molar-refractivity contribution in [2.75, 3.05) is 6.61 Å². The van der Waals surface area contributed by atoms with Crippen LogP contribution in [0.5, 0.6) is 5.75 Å². The summed E-state index contributed by atoms with van der Waals surface area (Å²) >= 11 is 0. The van der Waals surface area contributed by atoms with Crippen LogP contribution in [0.3, 0.4) is 0 Å². The molecular formula is C17H24O4. The molecule has 21 heavy (non-hydrogen) atoms. The lowest BCUT2D eigenvalue weighted by Crippen LogP contribution is -2.19. The number of carbonyl (C=O) groups is 2. The SMILES string of the molecule is CCOC(=O)C(=O)c1cc(C(C)C)c(OC(C)C)cc1C. The first-order valence-electron chi connectivity index (χ1n) is 7.30. The predicted molar refractivity (Wildman–Crippen MR) is 82.0 cm³/mol. The minimum Gasteiger partial charge on any atom is -0.491 e. The lowest BCUT2D eigenvalue weighted by atomic mass is 9.94. The molecule has 116 valence electrons.